The molecule has 0 aliphatic carbocycles. The first-order valence-electron chi connectivity index (χ1n) is 7.96. The number of hydrogen-bond donors (Lipinski definition) is 0. The van der Waals surface area contributed by atoms with Crippen LogP contribution in [0, 0.1) is 13.8 Å². The number of hydrogen-bond acceptors (Lipinski definition) is 5. The van der Waals surface area contributed by atoms with Crippen LogP contribution in [0.2, 0.25) is 0 Å². The summed E-state index contributed by atoms with van der Waals surface area (Å²) >= 11 is 1.63. The summed E-state index contributed by atoms with van der Waals surface area (Å²) in [4.78, 5) is 16.1. The highest BCUT2D eigenvalue weighted by Crippen LogP contribution is 2.24. The molecule has 2 aromatic heterocycles. The molecule has 0 aliphatic rings. The van der Waals surface area contributed by atoms with E-state index in [1.807, 2.05) is 41.8 Å². The molecule has 0 radical (unpaired) electrons. The molecule has 0 aliphatic heterocycles. The number of thiophene rings is 1. The number of carbonyl (C=O) groups is 1. The van der Waals surface area contributed by atoms with Gasteiger partial charge in [-0.25, -0.2) is 0 Å². The Morgan fingerprint density at radius 2 is 2.00 bits per heavy atom. The summed E-state index contributed by atoms with van der Waals surface area (Å²) < 4.78 is 10.6. The predicted molar refractivity (Wildman–Crippen MR) is 96.9 cm³/mol. The lowest BCUT2D eigenvalue weighted by Gasteiger charge is -2.23. The van der Waals surface area contributed by atoms with Crippen molar-refractivity contribution in [3.8, 4) is 5.75 Å². The first-order valence-corrected chi connectivity index (χ1v) is 8.84. The molecule has 1 amide bonds. The van der Waals surface area contributed by atoms with E-state index in [4.69, 9.17) is 9.26 Å². The van der Waals surface area contributed by atoms with E-state index < -0.39 is 0 Å². The molecule has 25 heavy (non-hydrogen) atoms. The zero-order chi connectivity index (χ0) is 17.8. The Kier molecular flexibility index (Phi) is 5.19. The monoisotopic (exact) mass is 356 g/mol. The van der Waals surface area contributed by atoms with E-state index in [0.29, 0.717) is 30.1 Å². The van der Waals surface area contributed by atoms with E-state index in [1.54, 1.807) is 37.2 Å². The highest BCUT2D eigenvalue weighted by Gasteiger charge is 2.24. The molecule has 6 heteroatoms. The average Bonchev–Trinajstić information content (AvgIpc) is 3.24. The minimum atomic E-state index is -0.0874. The Hall–Kier alpha value is -2.60. The van der Waals surface area contributed by atoms with Gasteiger partial charge in [0.15, 0.2) is 0 Å². The van der Waals surface area contributed by atoms with E-state index in [0.717, 1.165) is 16.2 Å². The fraction of sp³-hybridized carbons (Fsp3) is 0.263. The van der Waals surface area contributed by atoms with Gasteiger partial charge in [-0.2, -0.15) is 0 Å². The Bertz CT molecular complexity index is 836. The van der Waals surface area contributed by atoms with E-state index in [1.165, 1.54) is 0 Å². The molecule has 2 heterocycles. The normalized spacial score (nSPS) is 10.7. The van der Waals surface area contributed by atoms with Gasteiger partial charge in [-0.05, 0) is 31.4 Å². The van der Waals surface area contributed by atoms with Gasteiger partial charge in [0.05, 0.1) is 25.9 Å². The van der Waals surface area contributed by atoms with Crippen molar-refractivity contribution in [2.75, 3.05) is 7.11 Å². The third-order valence-electron chi connectivity index (χ3n) is 4.01. The zero-order valence-electron chi connectivity index (χ0n) is 14.5. The van der Waals surface area contributed by atoms with Crippen LogP contribution in [0.25, 0.3) is 0 Å². The number of benzene rings is 1. The second-order valence-electron chi connectivity index (χ2n) is 5.75. The second-order valence-corrected chi connectivity index (χ2v) is 6.78. The van der Waals surface area contributed by atoms with E-state index in [9.17, 15) is 4.79 Å². The number of carbonyl (C=O) groups excluding carboxylic acids is 1. The van der Waals surface area contributed by atoms with E-state index in [-0.39, 0.29) is 5.91 Å². The number of methoxy groups -OCH3 is 1. The summed E-state index contributed by atoms with van der Waals surface area (Å²) in [5.74, 6) is 1.22. The molecule has 0 bridgehead atoms. The quantitative estimate of drug-likeness (QED) is 0.664. The first kappa shape index (κ1) is 17.2. The van der Waals surface area contributed by atoms with Gasteiger partial charge in [0.1, 0.15) is 17.1 Å². The third-order valence-corrected chi connectivity index (χ3v) is 4.88. The molecule has 130 valence electrons. The molecule has 5 nitrogen and oxygen atoms in total. The molecule has 0 saturated carbocycles. The maximum Gasteiger partial charge on any atom is 0.259 e. The highest BCUT2D eigenvalue weighted by atomic mass is 32.1. The minimum Gasteiger partial charge on any atom is -0.496 e. The van der Waals surface area contributed by atoms with Gasteiger partial charge in [0.25, 0.3) is 5.91 Å². The lowest BCUT2D eigenvalue weighted by atomic mass is 10.1. The van der Waals surface area contributed by atoms with Gasteiger partial charge >= 0.3 is 0 Å². The summed E-state index contributed by atoms with van der Waals surface area (Å²) in [6.07, 6.45) is 0. The lowest BCUT2D eigenvalue weighted by Crippen LogP contribution is -2.30. The number of para-hydroxylation sites is 1. The van der Waals surface area contributed by atoms with Crippen LogP contribution in [-0.2, 0) is 13.1 Å². The lowest BCUT2D eigenvalue weighted by molar-refractivity contribution is 0.0728. The summed E-state index contributed by atoms with van der Waals surface area (Å²) in [5.41, 5.74) is 2.10. The smallest absolute Gasteiger partial charge is 0.259 e. The van der Waals surface area contributed by atoms with Gasteiger partial charge in [-0.15, -0.1) is 11.3 Å². The van der Waals surface area contributed by atoms with Crippen LogP contribution in [0.1, 0.15) is 32.3 Å². The van der Waals surface area contributed by atoms with Gasteiger partial charge in [-0.1, -0.05) is 29.4 Å². The number of amides is 1. The fourth-order valence-corrected chi connectivity index (χ4v) is 3.50. The zero-order valence-corrected chi connectivity index (χ0v) is 15.3. The second kappa shape index (κ2) is 7.53. The molecular formula is C19H20N2O3S. The summed E-state index contributed by atoms with van der Waals surface area (Å²) in [5, 5.41) is 5.92. The highest BCUT2D eigenvalue weighted by molar-refractivity contribution is 7.09. The number of rotatable bonds is 6. The first-order chi connectivity index (χ1) is 12.1. The molecule has 0 saturated heterocycles. The number of ether oxygens (including phenoxy) is 1. The largest absolute Gasteiger partial charge is 0.496 e. The van der Waals surface area contributed by atoms with Crippen molar-refractivity contribution in [3.63, 3.8) is 0 Å². The van der Waals surface area contributed by atoms with Crippen LogP contribution in [0.4, 0.5) is 0 Å². The van der Waals surface area contributed by atoms with Crippen molar-refractivity contribution in [1.82, 2.24) is 10.1 Å². The summed E-state index contributed by atoms with van der Waals surface area (Å²) in [6, 6.07) is 11.8. The number of aromatic nitrogens is 1. The van der Waals surface area contributed by atoms with Gasteiger partial charge in [-0.3, -0.25) is 4.79 Å². The van der Waals surface area contributed by atoms with Crippen LogP contribution in [0.5, 0.6) is 5.75 Å². The summed E-state index contributed by atoms with van der Waals surface area (Å²) in [7, 11) is 1.64. The molecule has 0 unspecified atom stereocenters. The van der Waals surface area contributed by atoms with Gasteiger partial charge < -0.3 is 14.2 Å². The van der Waals surface area contributed by atoms with Crippen molar-refractivity contribution >= 4 is 17.2 Å². The van der Waals surface area contributed by atoms with Crippen LogP contribution in [0.15, 0.2) is 46.3 Å². The topological polar surface area (TPSA) is 55.6 Å². The van der Waals surface area contributed by atoms with E-state index in [2.05, 4.69) is 5.16 Å². The molecule has 3 aromatic rings. The Balaban J connectivity index is 1.93. The molecule has 3 rings (SSSR count). The Labute approximate surface area is 150 Å². The van der Waals surface area contributed by atoms with Crippen molar-refractivity contribution in [1.29, 1.82) is 0 Å². The van der Waals surface area contributed by atoms with Gasteiger partial charge in [0.2, 0.25) is 0 Å². The standard InChI is InChI=1S/C19H20N2O3S/c1-13-18(14(2)24-20-13)19(22)21(12-16-8-6-10-25-16)11-15-7-4-5-9-17(15)23-3/h4-10H,11-12H2,1-3H3. The van der Waals surface area contributed by atoms with Crippen molar-refractivity contribution in [3.05, 3.63) is 69.2 Å². The van der Waals surface area contributed by atoms with E-state index >= 15 is 0 Å². The number of nitrogens with zero attached hydrogens (tertiary/aromatic N) is 2. The Morgan fingerprint density at radius 3 is 2.64 bits per heavy atom. The fourth-order valence-electron chi connectivity index (χ4n) is 2.78. The molecule has 0 spiro atoms. The molecule has 1 aromatic carbocycles. The SMILES string of the molecule is COc1ccccc1CN(Cc1cccs1)C(=O)c1c(C)noc1C. The third kappa shape index (κ3) is 3.74. The van der Waals surface area contributed by atoms with Crippen LogP contribution < -0.4 is 4.74 Å². The molecule has 0 fully saturated rings. The number of aryl methyl sites for hydroxylation is 2. The predicted octanol–water partition coefficient (Wildman–Crippen LogP) is 4.20. The van der Waals surface area contributed by atoms with Crippen molar-refractivity contribution < 1.29 is 14.1 Å². The molecular weight excluding hydrogens is 336 g/mol. The van der Waals surface area contributed by atoms with Crippen LogP contribution in [0.3, 0.4) is 0 Å². The maximum atomic E-state index is 13.2. The average molecular weight is 356 g/mol. The maximum absolute atomic E-state index is 13.2. The van der Waals surface area contributed by atoms with Crippen molar-refractivity contribution in [2.24, 2.45) is 0 Å². The Morgan fingerprint density at radius 1 is 1.20 bits per heavy atom. The van der Waals surface area contributed by atoms with Crippen LogP contribution >= 0.6 is 11.3 Å². The van der Waals surface area contributed by atoms with Gasteiger partial charge in [0, 0.05) is 10.4 Å². The van der Waals surface area contributed by atoms with Crippen LogP contribution in [-0.4, -0.2) is 23.1 Å². The van der Waals surface area contributed by atoms with Crippen molar-refractivity contribution in [2.45, 2.75) is 26.9 Å². The molecule has 0 atom stereocenters. The summed E-state index contributed by atoms with van der Waals surface area (Å²) in [6.45, 7) is 4.53. The minimum absolute atomic E-state index is 0.0874. The molecule has 0 N–H and O–H groups in total.